The third-order valence-corrected chi connectivity index (χ3v) is 4.08. The van der Waals surface area contributed by atoms with Crippen LogP contribution in [0.15, 0.2) is 0 Å². The average Bonchev–Trinajstić information content (AvgIpc) is 3.12. The molecule has 2 fully saturated rings. The Kier molecular flexibility index (Phi) is 3.88. The van der Waals surface area contributed by atoms with Crippen LogP contribution >= 0.6 is 0 Å². The molecule has 94 valence electrons. The van der Waals surface area contributed by atoms with E-state index in [0.717, 1.165) is 31.7 Å². The Hall–Kier alpha value is -0.120. The molecule has 2 saturated carbocycles. The highest BCUT2D eigenvalue weighted by molar-refractivity contribution is 4.99. The summed E-state index contributed by atoms with van der Waals surface area (Å²) in [6.07, 6.45) is 6.81. The van der Waals surface area contributed by atoms with Crippen molar-refractivity contribution in [1.82, 2.24) is 4.90 Å². The van der Waals surface area contributed by atoms with Crippen molar-refractivity contribution in [2.45, 2.75) is 50.6 Å². The van der Waals surface area contributed by atoms with Gasteiger partial charge in [-0.25, -0.2) is 0 Å². The summed E-state index contributed by atoms with van der Waals surface area (Å²) in [6.45, 7) is 5.00. The lowest BCUT2D eigenvalue weighted by atomic mass is 9.92. The van der Waals surface area contributed by atoms with Gasteiger partial charge >= 0.3 is 0 Å². The molecule has 0 aromatic heterocycles. The number of nitrogens with zero attached hydrogens (tertiary/aromatic N) is 1. The molecule has 0 radical (unpaired) electrons. The highest BCUT2D eigenvalue weighted by Gasteiger charge is 2.42. The van der Waals surface area contributed by atoms with Gasteiger partial charge in [-0.2, -0.15) is 0 Å². The Labute approximate surface area is 99.3 Å². The maximum Gasteiger partial charge on any atom is 0.0590 e. The van der Waals surface area contributed by atoms with Crippen molar-refractivity contribution in [1.29, 1.82) is 0 Å². The average molecular weight is 226 g/mol. The van der Waals surface area contributed by atoms with Gasteiger partial charge in [0.2, 0.25) is 0 Å². The molecular weight excluding hydrogens is 200 g/mol. The van der Waals surface area contributed by atoms with Gasteiger partial charge in [0.05, 0.1) is 6.61 Å². The summed E-state index contributed by atoms with van der Waals surface area (Å²) >= 11 is 0. The fraction of sp³-hybridized carbons (Fsp3) is 1.00. The molecule has 0 spiro atoms. The molecular formula is C13H26N2O. The molecule has 0 bridgehead atoms. The number of methoxy groups -OCH3 is 1. The molecule has 2 aliphatic rings. The maximum absolute atomic E-state index is 6.04. The van der Waals surface area contributed by atoms with Gasteiger partial charge in [0.1, 0.15) is 0 Å². The minimum absolute atomic E-state index is 0.209. The van der Waals surface area contributed by atoms with Gasteiger partial charge < -0.3 is 10.5 Å². The molecule has 0 saturated heterocycles. The van der Waals surface area contributed by atoms with Crippen LogP contribution in [0.5, 0.6) is 0 Å². The third kappa shape index (κ3) is 2.96. The van der Waals surface area contributed by atoms with E-state index in [2.05, 4.69) is 11.8 Å². The normalized spacial score (nSPS) is 24.8. The predicted octanol–water partition coefficient (Wildman–Crippen LogP) is 1.61. The van der Waals surface area contributed by atoms with E-state index in [1.165, 1.54) is 32.1 Å². The lowest BCUT2D eigenvalue weighted by molar-refractivity contribution is 0.0543. The topological polar surface area (TPSA) is 38.5 Å². The van der Waals surface area contributed by atoms with Crippen molar-refractivity contribution >= 4 is 0 Å². The lowest BCUT2D eigenvalue weighted by Gasteiger charge is -2.41. The van der Waals surface area contributed by atoms with E-state index in [0.29, 0.717) is 0 Å². The van der Waals surface area contributed by atoms with Crippen molar-refractivity contribution in [3.63, 3.8) is 0 Å². The summed E-state index contributed by atoms with van der Waals surface area (Å²) in [5, 5.41) is 0. The zero-order valence-electron chi connectivity index (χ0n) is 10.7. The number of ether oxygens (including phenoxy) is 1. The smallest absolute Gasteiger partial charge is 0.0590 e. The van der Waals surface area contributed by atoms with E-state index >= 15 is 0 Å². The summed E-state index contributed by atoms with van der Waals surface area (Å²) in [5.74, 6) is 0.942. The van der Waals surface area contributed by atoms with E-state index in [1.54, 1.807) is 7.11 Å². The number of hydrogen-bond acceptors (Lipinski definition) is 3. The van der Waals surface area contributed by atoms with Crippen molar-refractivity contribution < 1.29 is 4.74 Å². The van der Waals surface area contributed by atoms with Crippen LogP contribution in [0.4, 0.5) is 0 Å². The quantitative estimate of drug-likeness (QED) is 0.683. The molecule has 0 aromatic carbocycles. The summed E-state index contributed by atoms with van der Waals surface area (Å²) in [4.78, 5) is 2.62. The number of nitrogens with two attached hydrogens (primary N) is 1. The minimum Gasteiger partial charge on any atom is -0.383 e. The van der Waals surface area contributed by atoms with Gasteiger partial charge in [0.15, 0.2) is 0 Å². The van der Waals surface area contributed by atoms with Crippen LogP contribution in [0, 0.1) is 5.92 Å². The highest BCUT2D eigenvalue weighted by atomic mass is 16.5. The first-order chi connectivity index (χ1) is 7.69. The fourth-order valence-electron chi connectivity index (χ4n) is 2.73. The second-order valence-corrected chi connectivity index (χ2v) is 5.77. The molecule has 0 amide bonds. The van der Waals surface area contributed by atoms with E-state index in [1.807, 2.05) is 0 Å². The Morgan fingerprint density at radius 3 is 2.44 bits per heavy atom. The molecule has 3 heteroatoms. The summed E-state index contributed by atoms with van der Waals surface area (Å²) < 4.78 is 5.23. The minimum atomic E-state index is 0.209. The number of rotatable bonds is 8. The van der Waals surface area contributed by atoms with Crippen molar-refractivity contribution in [2.24, 2.45) is 11.7 Å². The van der Waals surface area contributed by atoms with Crippen LogP contribution in [0.25, 0.3) is 0 Å². The van der Waals surface area contributed by atoms with Crippen LogP contribution in [-0.4, -0.2) is 43.3 Å². The first-order valence-electron chi connectivity index (χ1n) is 6.65. The first kappa shape index (κ1) is 12.3. The van der Waals surface area contributed by atoms with E-state index < -0.39 is 0 Å². The standard InChI is InChI=1S/C13H26N2O/c1-13(10-14,9-11-3-4-11)15(7-8-16-2)12-5-6-12/h11-12H,3-10,14H2,1-2H3. The highest BCUT2D eigenvalue weighted by Crippen LogP contribution is 2.41. The zero-order chi connectivity index (χ0) is 11.6. The SMILES string of the molecule is COCCN(C1CC1)C(C)(CN)CC1CC1. The molecule has 2 N–H and O–H groups in total. The molecule has 1 unspecified atom stereocenters. The Morgan fingerprint density at radius 2 is 2.00 bits per heavy atom. The zero-order valence-corrected chi connectivity index (χ0v) is 10.7. The van der Waals surface area contributed by atoms with Gasteiger partial charge in [-0.05, 0) is 32.1 Å². The predicted molar refractivity (Wildman–Crippen MR) is 66.4 cm³/mol. The molecule has 16 heavy (non-hydrogen) atoms. The van der Waals surface area contributed by atoms with E-state index in [-0.39, 0.29) is 5.54 Å². The van der Waals surface area contributed by atoms with Gasteiger partial charge in [0, 0.05) is 31.8 Å². The second kappa shape index (κ2) is 5.03. The summed E-state index contributed by atoms with van der Waals surface area (Å²) in [6, 6.07) is 0.780. The Bertz CT molecular complexity index is 226. The summed E-state index contributed by atoms with van der Waals surface area (Å²) in [5.41, 5.74) is 6.25. The maximum atomic E-state index is 6.04. The van der Waals surface area contributed by atoms with Crippen LogP contribution < -0.4 is 5.73 Å². The molecule has 1 atom stereocenters. The third-order valence-electron chi connectivity index (χ3n) is 4.08. The van der Waals surface area contributed by atoms with E-state index in [9.17, 15) is 0 Å². The van der Waals surface area contributed by atoms with Gasteiger partial charge in [0.25, 0.3) is 0 Å². The van der Waals surface area contributed by atoms with Gasteiger partial charge in [-0.1, -0.05) is 12.8 Å². The van der Waals surface area contributed by atoms with Crippen molar-refractivity contribution in [3.8, 4) is 0 Å². The van der Waals surface area contributed by atoms with Gasteiger partial charge in [-0.3, -0.25) is 4.90 Å². The van der Waals surface area contributed by atoms with Crippen LogP contribution in [0.2, 0.25) is 0 Å². The Morgan fingerprint density at radius 1 is 1.31 bits per heavy atom. The van der Waals surface area contributed by atoms with E-state index in [4.69, 9.17) is 10.5 Å². The second-order valence-electron chi connectivity index (χ2n) is 5.77. The van der Waals surface area contributed by atoms with Crippen LogP contribution in [0.3, 0.4) is 0 Å². The molecule has 2 rings (SSSR count). The van der Waals surface area contributed by atoms with Crippen molar-refractivity contribution in [3.05, 3.63) is 0 Å². The van der Waals surface area contributed by atoms with Crippen molar-refractivity contribution in [2.75, 3.05) is 26.8 Å². The largest absolute Gasteiger partial charge is 0.383 e. The molecule has 0 aliphatic heterocycles. The summed E-state index contributed by atoms with van der Waals surface area (Å²) in [7, 11) is 1.78. The lowest BCUT2D eigenvalue weighted by Crippen LogP contribution is -2.54. The Balaban J connectivity index is 1.95. The molecule has 0 heterocycles. The first-order valence-corrected chi connectivity index (χ1v) is 6.65. The molecule has 0 aromatic rings. The number of hydrogen-bond donors (Lipinski definition) is 1. The van der Waals surface area contributed by atoms with Gasteiger partial charge in [-0.15, -0.1) is 0 Å². The van der Waals surface area contributed by atoms with Crippen LogP contribution in [-0.2, 0) is 4.74 Å². The fourth-order valence-corrected chi connectivity index (χ4v) is 2.73. The molecule has 3 nitrogen and oxygen atoms in total. The monoisotopic (exact) mass is 226 g/mol. The van der Waals surface area contributed by atoms with Crippen LogP contribution in [0.1, 0.15) is 39.0 Å². The molecule has 2 aliphatic carbocycles.